The van der Waals surface area contributed by atoms with E-state index in [0.717, 1.165) is 5.56 Å². The summed E-state index contributed by atoms with van der Waals surface area (Å²) in [6.45, 7) is 0.255. The Morgan fingerprint density at radius 1 is 1.11 bits per heavy atom. The molecule has 3 heteroatoms. The van der Waals surface area contributed by atoms with E-state index in [4.69, 9.17) is 4.74 Å². The number of fused-ring (bicyclic) bond motifs is 1. The van der Waals surface area contributed by atoms with Crippen molar-refractivity contribution in [2.45, 2.75) is 0 Å². The first kappa shape index (κ1) is 11.5. The van der Waals surface area contributed by atoms with Gasteiger partial charge in [-0.15, -0.1) is 0 Å². The van der Waals surface area contributed by atoms with Gasteiger partial charge in [-0.1, -0.05) is 24.3 Å². The molecule has 1 aliphatic heterocycles. The van der Waals surface area contributed by atoms with Crippen LogP contribution in [0.5, 0.6) is 11.5 Å². The highest BCUT2D eigenvalue weighted by Crippen LogP contribution is 2.27. The largest absolute Gasteiger partial charge is 0.508 e. The molecule has 0 atom stereocenters. The molecule has 2 aromatic carbocycles. The highest BCUT2D eigenvalue weighted by atomic mass is 16.5. The SMILES string of the molecule is O=C1/C(=C/c2cccc(O)c2)COc2ccccc21. The Hall–Kier alpha value is -2.55. The van der Waals surface area contributed by atoms with Crippen LogP contribution < -0.4 is 4.74 Å². The minimum atomic E-state index is -0.0230. The predicted octanol–water partition coefficient (Wildman–Crippen LogP) is 3.05. The van der Waals surface area contributed by atoms with Crippen molar-refractivity contribution >= 4 is 11.9 Å². The monoisotopic (exact) mass is 252 g/mol. The Bertz CT molecular complexity index is 671. The van der Waals surface area contributed by atoms with Gasteiger partial charge in [-0.2, -0.15) is 0 Å². The molecule has 0 saturated heterocycles. The van der Waals surface area contributed by atoms with Crippen molar-refractivity contribution in [3.63, 3.8) is 0 Å². The molecule has 0 fully saturated rings. The minimum absolute atomic E-state index is 0.0230. The van der Waals surface area contributed by atoms with Crippen molar-refractivity contribution in [3.8, 4) is 11.5 Å². The summed E-state index contributed by atoms with van der Waals surface area (Å²) in [5.74, 6) is 0.782. The van der Waals surface area contributed by atoms with Gasteiger partial charge in [0.1, 0.15) is 18.1 Å². The van der Waals surface area contributed by atoms with Gasteiger partial charge in [0.2, 0.25) is 0 Å². The number of hydrogen-bond donors (Lipinski definition) is 1. The van der Waals surface area contributed by atoms with Crippen molar-refractivity contribution in [2.75, 3.05) is 6.61 Å². The van der Waals surface area contributed by atoms with E-state index >= 15 is 0 Å². The first-order valence-corrected chi connectivity index (χ1v) is 6.00. The predicted molar refractivity (Wildman–Crippen MR) is 72.4 cm³/mol. The van der Waals surface area contributed by atoms with Crippen molar-refractivity contribution < 1.29 is 14.6 Å². The third kappa shape index (κ3) is 2.22. The molecular weight excluding hydrogens is 240 g/mol. The van der Waals surface area contributed by atoms with Crippen LogP contribution in [-0.2, 0) is 0 Å². The van der Waals surface area contributed by atoms with Gasteiger partial charge in [-0.05, 0) is 35.9 Å². The number of hydrogen-bond acceptors (Lipinski definition) is 3. The smallest absolute Gasteiger partial charge is 0.196 e. The third-order valence-corrected chi connectivity index (χ3v) is 3.02. The number of benzene rings is 2. The van der Waals surface area contributed by atoms with E-state index in [1.54, 1.807) is 36.4 Å². The number of phenolic OH excluding ortho intramolecular Hbond substituents is 1. The molecule has 0 aromatic heterocycles. The fraction of sp³-hybridized carbons (Fsp3) is 0.0625. The quantitative estimate of drug-likeness (QED) is 0.793. The number of aromatic hydroxyl groups is 1. The fourth-order valence-electron chi connectivity index (χ4n) is 2.10. The van der Waals surface area contributed by atoms with Crippen LogP contribution in [0, 0.1) is 0 Å². The lowest BCUT2D eigenvalue weighted by molar-refractivity contribution is 0.100. The summed E-state index contributed by atoms with van der Waals surface area (Å²) in [5.41, 5.74) is 1.95. The number of phenols is 1. The molecule has 0 aliphatic carbocycles. The second-order valence-electron chi connectivity index (χ2n) is 4.38. The number of rotatable bonds is 1. The maximum Gasteiger partial charge on any atom is 0.196 e. The van der Waals surface area contributed by atoms with Gasteiger partial charge in [0.15, 0.2) is 5.78 Å². The van der Waals surface area contributed by atoms with E-state index in [-0.39, 0.29) is 18.1 Å². The Kier molecular flexibility index (Phi) is 2.80. The number of carbonyl (C=O) groups is 1. The van der Waals surface area contributed by atoms with Gasteiger partial charge < -0.3 is 9.84 Å². The molecule has 1 aliphatic rings. The standard InChI is InChI=1S/C16H12O3/c17-13-5-3-4-11(9-13)8-12-10-19-15-7-2-1-6-14(15)16(12)18/h1-9,17H,10H2/b12-8+. The summed E-state index contributed by atoms with van der Waals surface area (Å²) >= 11 is 0. The Labute approximate surface area is 110 Å². The Morgan fingerprint density at radius 3 is 2.79 bits per heavy atom. The molecule has 19 heavy (non-hydrogen) atoms. The topological polar surface area (TPSA) is 46.5 Å². The molecule has 0 saturated carbocycles. The Balaban J connectivity index is 1.98. The van der Waals surface area contributed by atoms with Crippen molar-refractivity contribution in [3.05, 3.63) is 65.2 Å². The number of ketones is 1. The molecule has 0 bridgehead atoms. The fourth-order valence-corrected chi connectivity index (χ4v) is 2.10. The van der Waals surface area contributed by atoms with E-state index in [2.05, 4.69) is 0 Å². The molecule has 1 N–H and O–H groups in total. The zero-order valence-corrected chi connectivity index (χ0v) is 10.2. The van der Waals surface area contributed by atoms with Gasteiger partial charge in [0.05, 0.1) is 5.56 Å². The summed E-state index contributed by atoms with van der Waals surface area (Å²) in [5, 5.41) is 9.42. The van der Waals surface area contributed by atoms with Gasteiger partial charge in [-0.3, -0.25) is 4.79 Å². The third-order valence-electron chi connectivity index (χ3n) is 3.02. The number of ether oxygens (including phenoxy) is 1. The van der Waals surface area contributed by atoms with Crippen LogP contribution in [0.15, 0.2) is 54.1 Å². The summed E-state index contributed by atoms with van der Waals surface area (Å²) in [4.78, 5) is 12.3. The summed E-state index contributed by atoms with van der Waals surface area (Å²) in [6.07, 6.45) is 1.75. The van der Waals surface area contributed by atoms with E-state index in [9.17, 15) is 9.90 Å². The second-order valence-corrected chi connectivity index (χ2v) is 4.38. The van der Waals surface area contributed by atoms with Crippen LogP contribution in [0.4, 0.5) is 0 Å². The highest BCUT2D eigenvalue weighted by Gasteiger charge is 2.22. The van der Waals surface area contributed by atoms with Crippen molar-refractivity contribution in [2.24, 2.45) is 0 Å². The van der Waals surface area contributed by atoms with Gasteiger partial charge >= 0.3 is 0 Å². The molecule has 1 heterocycles. The lowest BCUT2D eigenvalue weighted by Crippen LogP contribution is -2.18. The molecule has 0 radical (unpaired) electrons. The van der Waals surface area contributed by atoms with Crippen LogP contribution in [0.1, 0.15) is 15.9 Å². The number of Topliss-reactive ketones (excluding diaryl/α,β-unsaturated/α-hetero) is 1. The highest BCUT2D eigenvalue weighted by molar-refractivity contribution is 6.14. The van der Waals surface area contributed by atoms with Gasteiger partial charge in [0, 0.05) is 5.57 Å². The van der Waals surface area contributed by atoms with Crippen LogP contribution in [0.25, 0.3) is 6.08 Å². The van der Waals surface area contributed by atoms with Crippen molar-refractivity contribution in [1.29, 1.82) is 0 Å². The second kappa shape index (κ2) is 4.61. The number of carbonyl (C=O) groups excluding carboxylic acids is 1. The maximum absolute atomic E-state index is 12.3. The number of para-hydroxylation sites is 1. The van der Waals surface area contributed by atoms with E-state index in [1.165, 1.54) is 0 Å². The van der Waals surface area contributed by atoms with Crippen LogP contribution in [0.2, 0.25) is 0 Å². The molecule has 3 rings (SSSR count). The summed E-state index contributed by atoms with van der Waals surface area (Å²) in [6, 6.07) is 14.0. The van der Waals surface area contributed by atoms with E-state index in [1.807, 2.05) is 18.2 Å². The lowest BCUT2D eigenvalue weighted by atomic mass is 9.98. The van der Waals surface area contributed by atoms with E-state index in [0.29, 0.717) is 16.9 Å². The van der Waals surface area contributed by atoms with Gasteiger partial charge in [0.25, 0.3) is 0 Å². The zero-order chi connectivity index (χ0) is 13.2. The van der Waals surface area contributed by atoms with Crippen LogP contribution in [0.3, 0.4) is 0 Å². The zero-order valence-electron chi connectivity index (χ0n) is 10.2. The lowest BCUT2D eigenvalue weighted by Gasteiger charge is -2.18. The summed E-state index contributed by atoms with van der Waals surface area (Å²) < 4.78 is 5.56. The molecule has 94 valence electrons. The Morgan fingerprint density at radius 2 is 1.95 bits per heavy atom. The molecular formula is C16H12O3. The average Bonchev–Trinajstić information content (AvgIpc) is 2.42. The van der Waals surface area contributed by atoms with E-state index < -0.39 is 0 Å². The molecule has 0 spiro atoms. The normalized spacial score (nSPS) is 16.0. The minimum Gasteiger partial charge on any atom is -0.508 e. The molecule has 3 nitrogen and oxygen atoms in total. The summed E-state index contributed by atoms with van der Waals surface area (Å²) in [7, 11) is 0. The maximum atomic E-state index is 12.3. The molecule has 0 unspecified atom stereocenters. The molecule has 0 amide bonds. The first-order valence-electron chi connectivity index (χ1n) is 6.00. The van der Waals surface area contributed by atoms with Gasteiger partial charge in [-0.25, -0.2) is 0 Å². The van der Waals surface area contributed by atoms with Crippen LogP contribution in [-0.4, -0.2) is 17.5 Å². The average molecular weight is 252 g/mol. The molecule has 2 aromatic rings. The first-order chi connectivity index (χ1) is 9.24. The van der Waals surface area contributed by atoms with Crippen molar-refractivity contribution in [1.82, 2.24) is 0 Å². The van der Waals surface area contributed by atoms with Crippen LogP contribution >= 0.6 is 0 Å².